The highest BCUT2D eigenvalue weighted by Gasteiger charge is 2.21. The Bertz CT molecular complexity index is 881. The molecule has 3 rings (SSSR count). The molecule has 8 heteroatoms. The number of rotatable bonds is 7. The summed E-state index contributed by atoms with van der Waals surface area (Å²) in [7, 11) is -3.70. The minimum Gasteiger partial charge on any atom is -0.377 e. The Labute approximate surface area is 159 Å². The molecule has 2 aromatic rings. The molecule has 144 valence electrons. The van der Waals surface area contributed by atoms with Gasteiger partial charge in [-0.15, -0.1) is 0 Å². The van der Waals surface area contributed by atoms with Crippen molar-refractivity contribution in [2.45, 2.75) is 36.8 Å². The van der Waals surface area contributed by atoms with E-state index in [1.807, 2.05) is 13.0 Å². The Morgan fingerprint density at radius 3 is 2.89 bits per heavy atom. The molecule has 27 heavy (non-hydrogen) atoms. The van der Waals surface area contributed by atoms with Gasteiger partial charge in [0, 0.05) is 31.1 Å². The first kappa shape index (κ1) is 19.5. The van der Waals surface area contributed by atoms with Crippen molar-refractivity contribution in [3.05, 3.63) is 59.9 Å². The molecular weight excluding hydrogens is 366 g/mol. The number of benzene rings is 1. The van der Waals surface area contributed by atoms with Gasteiger partial charge in [0.25, 0.3) is 5.91 Å². The second-order valence-electron chi connectivity index (χ2n) is 6.50. The van der Waals surface area contributed by atoms with Crippen LogP contribution >= 0.6 is 0 Å². The first-order valence-corrected chi connectivity index (χ1v) is 10.4. The van der Waals surface area contributed by atoms with Gasteiger partial charge >= 0.3 is 0 Å². The zero-order valence-electron chi connectivity index (χ0n) is 15.1. The quantitative estimate of drug-likeness (QED) is 0.755. The van der Waals surface area contributed by atoms with Crippen molar-refractivity contribution in [2.75, 3.05) is 13.2 Å². The summed E-state index contributed by atoms with van der Waals surface area (Å²) < 4.78 is 33.0. The van der Waals surface area contributed by atoms with Crippen LogP contribution in [0.5, 0.6) is 0 Å². The molecule has 1 fully saturated rings. The lowest BCUT2D eigenvalue weighted by Gasteiger charge is -2.15. The number of nitrogens with zero attached hydrogens (tertiary/aromatic N) is 1. The van der Waals surface area contributed by atoms with Gasteiger partial charge in [0.2, 0.25) is 10.0 Å². The van der Waals surface area contributed by atoms with Gasteiger partial charge in [0.1, 0.15) is 0 Å². The molecule has 1 aromatic carbocycles. The molecule has 1 aliphatic heterocycles. The molecule has 0 spiro atoms. The van der Waals surface area contributed by atoms with Crippen LogP contribution < -0.4 is 10.0 Å². The lowest BCUT2D eigenvalue weighted by Crippen LogP contribution is -2.32. The standard InChI is InChI=1S/C19H23N3O4S/c1-14(16-6-3-9-20-12-16)22-19(23)15-5-2-8-18(11-15)27(24,25)21-13-17-7-4-10-26-17/h2-3,5-6,8-9,11-12,14,17,21H,4,7,10,13H2,1H3,(H,22,23). The highest BCUT2D eigenvalue weighted by atomic mass is 32.2. The number of nitrogens with one attached hydrogen (secondary N) is 2. The minimum atomic E-state index is -3.70. The molecule has 7 nitrogen and oxygen atoms in total. The highest BCUT2D eigenvalue weighted by Crippen LogP contribution is 2.16. The predicted octanol–water partition coefficient (Wildman–Crippen LogP) is 2.03. The SMILES string of the molecule is CC(NC(=O)c1cccc(S(=O)(=O)NCC2CCCO2)c1)c1cccnc1. The van der Waals surface area contributed by atoms with Gasteiger partial charge in [0.15, 0.2) is 0 Å². The number of carbonyl (C=O) groups excluding carboxylic acids is 1. The molecule has 0 radical (unpaired) electrons. The summed E-state index contributed by atoms with van der Waals surface area (Å²) in [4.78, 5) is 16.6. The van der Waals surface area contributed by atoms with E-state index in [0.29, 0.717) is 6.61 Å². The van der Waals surface area contributed by atoms with Crippen molar-refractivity contribution in [1.82, 2.24) is 15.0 Å². The Balaban J connectivity index is 1.67. The highest BCUT2D eigenvalue weighted by molar-refractivity contribution is 7.89. The van der Waals surface area contributed by atoms with Crippen LogP contribution in [0.4, 0.5) is 0 Å². The van der Waals surface area contributed by atoms with Crippen LogP contribution in [0.25, 0.3) is 0 Å². The molecule has 2 N–H and O–H groups in total. The maximum absolute atomic E-state index is 12.5. The summed E-state index contributed by atoms with van der Waals surface area (Å²) in [5.74, 6) is -0.345. The van der Waals surface area contributed by atoms with Gasteiger partial charge in [0.05, 0.1) is 17.0 Å². The van der Waals surface area contributed by atoms with E-state index in [2.05, 4.69) is 15.0 Å². The molecule has 1 aliphatic rings. The number of hydrogen-bond acceptors (Lipinski definition) is 5. The van der Waals surface area contributed by atoms with Crippen molar-refractivity contribution >= 4 is 15.9 Å². The number of pyridine rings is 1. The molecule has 2 unspecified atom stereocenters. The summed E-state index contributed by atoms with van der Waals surface area (Å²) in [6.45, 7) is 2.74. The van der Waals surface area contributed by atoms with E-state index in [1.54, 1.807) is 30.6 Å². The van der Waals surface area contributed by atoms with Crippen LogP contribution in [0.1, 0.15) is 41.7 Å². The van der Waals surface area contributed by atoms with E-state index >= 15 is 0 Å². The van der Waals surface area contributed by atoms with Crippen LogP contribution in [0, 0.1) is 0 Å². The molecule has 1 amide bonds. The van der Waals surface area contributed by atoms with Crippen LogP contribution in [0.2, 0.25) is 0 Å². The Kier molecular flexibility index (Phi) is 6.20. The van der Waals surface area contributed by atoms with Gasteiger partial charge < -0.3 is 10.1 Å². The first-order valence-electron chi connectivity index (χ1n) is 8.88. The van der Waals surface area contributed by atoms with E-state index in [0.717, 1.165) is 18.4 Å². The van der Waals surface area contributed by atoms with E-state index in [4.69, 9.17) is 4.74 Å². The topological polar surface area (TPSA) is 97.4 Å². The molecule has 2 heterocycles. The third-order valence-corrected chi connectivity index (χ3v) is 5.88. The van der Waals surface area contributed by atoms with Gasteiger partial charge in [-0.1, -0.05) is 12.1 Å². The van der Waals surface area contributed by atoms with Gasteiger partial charge in [-0.05, 0) is 49.6 Å². The number of amides is 1. The van der Waals surface area contributed by atoms with Crippen molar-refractivity contribution < 1.29 is 17.9 Å². The monoisotopic (exact) mass is 389 g/mol. The molecule has 0 aliphatic carbocycles. The molecule has 0 saturated carbocycles. The normalized spacial score (nSPS) is 18.2. The van der Waals surface area contributed by atoms with Gasteiger partial charge in [-0.3, -0.25) is 9.78 Å². The molecule has 2 atom stereocenters. The predicted molar refractivity (Wildman–Crippen MR) is 101 cm³/mol. The second kappa shape index (κ2) is 8.60. The summed E-state index contributed by atoms with van der Waals surface area (Å²) in [5.41, 5.74) is 1.15. The molecule has 1 aromatic heterocycles. The number of hydrogen-bond donors (Lipinski definition) is 2. The largest absolute Gasteiger partial charge is 0.377 e. The van der Waals surface area contributed by atoms with E-state index in [1.165, 1.54) is 12.1 Å². The summed E-state index contributed by atoms with van der Waals surface area (Å²) in [6, 6.07) is 9.42. The lowest BCUT2D eigenvalue weighted by atomic mass is 10.1. The minimum absolute atomic E-state index is 0.0576. The maximum atomic E-state index is 12.5. The zero-order valence-corrected chi connectivity index (χ0v) is 15.9. The second-order valence-corrected chi connectivity index (χ2v) is 8.26. The Morgan fingerprint density at radius 2 is 2.19 bits per heavy atom. The zero-order chi connectivity index (χ0) is 19.3. The first-order chi connectivity index (χ1) is 13.0. The number of ether oxygens (including phenoxy) is 1. The van der Waals surface area contributed by atoms with Crippen molar-refractivity contribution in [3.63, 3.8) is 0 Å². The fraction of sp³-hybridized carbons (Fsp3) is 0.368. The average molecular weight is 389 g/mol. The number of carbonyl (C=O) groups is 1. The van der Waals surface area contributed by atoms with Crippen LogP contribution in [0.15, 0.2) is 53.7 Å². The number of sulfonamides is 1. The van der Waals surface area contributed by atoms with Crippen molar-refractivity contribution in [3.8, 4) is 0 Å². The van der Waals surface area contributed by atoms with Gasteiger partial charge in [-0.25, -0.2) is 13.1 Å². The summed E-state index contributed by atoms with van der Waals surface area (Å²) in [5, 5.41) is 2.85. The lowest BCUT2D eigenvalue weighted by molar-refractivity contribution is 0.0939. The van der Waals surface area contributed by atoms with Gasteiger partial charge in [-0.2, -0.15) is 0 Å². The Hall–Kier alpha value is -2.29. The smallest absolute Gasteiger partial charge is 0.251 e. The fourth-order valence-corrected chi connectivity index (χ4v) is 4.00. The van der Waals surface area contributed by atoms with E-state index in [-0.39, 0.29) is 35.1 Å². The molecule has 0 bridgehead atoms. The molecular formula is C19H23N3O4S. The summed E-state index contributed by atoms with van der Waals surface area (Å²) >= 11 is 0. The average Bonchev–Trinajstić information content (AvgIpc) is 3.21. The third kappa shape index (κ3) is 5.12. The van der Waals surface area contributed by atoms with E-state index in [9.17, 15) is 13.2 Å². The van der Waals surface area contributed by atoms with Crippen LogP contribution in [0.3, 0.4) is 0 Å². The van der Waals surface area contributed by atoms with E-state index < -0.39 is 10.0 Å². The maximum Gasteiger partial charge on any atom is 0.251 e. The molecule has 1 saturated heterocycles. The third-order valence-electron chi connectivity index (χ3n) is 4.46. The van der Waals surface area contributed by atoms with Crippen molar-refractivity contribution in [2.24, 2.45) is 0 Å². The van der Waals surface area contributed by atoms with Crippen LogP contribution in [-0.2, 0) is 14.8 Å². The number of aromatic nitrogens is 1. The van der Waals surface area contributed by atoms with Crippen molar-refractivity contribution in [1.29, 1.82) is 0 Å². The fourth-order valence-electron chi connectivity index (χ4n) is 2.89. The Morgan fingerprint density at radius 1 is 1.33 bits per heavy atom. The summed E-state index contributed by atoms with van der Waals surface area (Å²) in [6.07, 6.45) is 5.04. The van der Waals surface area contributed by atoms with Crippen LogP contribution in [-0.4, -0.2) is 38.6 Å².